The van der Waals surface area contributed by atoms with Crippen LogP contribution in [-0.4, -0.2) is 35.9 Å². The topological polar surface area (TPSA) is 95.7 Å². The molecule has 0 spiro atoms. The third-order valence-electron chi connectivity index (χ3n) is 3.55. The van der Waals surface area contributed by atoms with Crippen LogP contribution < -0.4 is 19.5 Å². The van der Waals surface area contributed by atoms with Gasteiger partial charge in [-0.1, -0.05) is 11.2 Å². The number of hydrogen-bond donors (Lipinski definition) is 1. The number of carbonyl (C=O) groups is 1. The molecule has 9 heteroatoms. The molecule has 0 aliphatic carbocycles. The number of hydrogen-bond acceptors (Lipinski definition) is 8. The van der Waals surface area contributed by atoms with Gasteiger partial charge in [0.25, 0.3) is 11.8 Å². The van der Waals surface area contributed by atoms with Crippen molar-refractivity contribution in [3.05, 3.63) is 35.2 Å². The molecule has 1 aromatic carbocycles. The van der Waals surface area contributed by atoms with E-state index in [-0.39, 0.29) is 6.01 Å². The van der Waals surface area contributed by atoms with Crippen molar-refractivity contribution in [3.63, 3.8) is 0 Å². The summed E-state index contributed by atoms with van der Waals surface area (Å²) in [6.07, 6.45) is 0. The predicted octanol–water partition coefficient (Wildman–Crippen LogP) is 4.25. The number of thiophene rings is 1. The Bertz CT molecular complexity index is 897. The Hall–Kier alpha value is -3.07. The molecule has 8 nitrogen and oxygen atoms in total. The molecule has 0 unspecified atom stereocenters. The third kappa shape index (κ3) is 4.42. The number of rotatable bonds is 9. The van der Waals surface area contributed by atoms with Crippen molar-refractivity contribution in [3.8, 4) is 28.0 Å². The highest BCUT2D eigenvalue weighted by atomic mass is 32.1. The van der Waals surface area contributed by atoms with Gasteiger partial charge in [0.05, 0.1) is 24.7 Å². The van der Waals surface area contributed by atoms with Crippen LogP contribution in [0.5, 0.6) is 17.2 Å². The van der Waals surface area contributed by atoms with Gasteiger partial charge in [0.2, 0.25) is 5.75 Å². The molecule has 148 valence electrons. The van der Waals surface area contributed by atoms with Crippen molar-refractivity contribution in [2.75, 3.05) is 25.1 Å². The zero-order valence-corrected chi connectivity index (χ0v) is 16.7. The van der Waals surface area contributed by atoms with Crippen molar-refractivity contribution >= 4 is 23.3 Å². The van der Waals surface area contributed by atoms with Crippen LogP contribution in [0.3, 0.4) is 0 Å². The second kappa shape index (κ2) is 9.23. The van der Waals surface area contributed by atoms with E-state index in [4.69, 9.17) is 18.6 Å². The molecule has 0 atom stereocenters. The van der Waals surface area contributed by atoms with Gasteiger partial charge in [0.15, 0.2) is 11.5 Å². The first-order valence-corrected chi connectivity index (χ1v) is 9.79. The smallest absolute Gasteiger partial charge is 0.322 e. The average molecular weight is 403 g/mol. The van der Waals surface area contributed by atoms with Crippen LogP contribution in [0.25, 0.3) is 10.8 Å². The maximum absolute atomic E-state index is 12.7. The van der Waals surface area contributed by atoms with E-state index in [1.807, 2.05) is 38.3 Å². The number of nitrogens with one attached hydrogen (secondary N) is 1. The first kappa shape index (κ1) is 19.7. The van der Waals surface area contributed by atoms with E-state index in [2.05, 4.69) is 15.5 Å². The summed E-state index contributed by atoms with van der Waals surface area (Å²) in [5.74, 6) is 1.27. The Labute approximate surface area is 166 Å². The molecule has 3 aromatic rings. The summed E-state index contributed by atoms with van der Waals surface area (Å²) in [7, 11) is 0. The fourth-order valence-corrected chi connectivity index (χ4v) is 3.11. The van der Waals surface area contributed by atoms with Gasteiger partial charge in [-0.15, -0.1) is 16.4 Å². The number of amides is 1. The van der Waals surface area contributed by atoms with Crippen LogP contribution in [0.2, 0.25) is 0 Å². The minimum absolute atomic E-state index is 0.0122. The van der Waals surface area contributed by atoms with E-state index in [0.717, 1.165) is 4.88 Å². The number of aromatic nitrogens is 2. The average Bonchev–Trinajstić information content (AvgIpc) is 3.36. The van der Waals surface area contributed by atoms with Gasteiger partial charge in [0, 0.05) is 5.56 Å². The highest BCUT2D eigenvalue weighted by molar-refractivity contribution is 7.13. The second-order valence-electron chi connectivity index (χ2n) is 5.44. The number of carbonyl (C=O) groups excluding carboxylic acids is 1. The number of anilines is 1. The van der Waals surface area contributed by atoms with Crippen LogP contribution in [0, 0.1) is 0 Å². The normalized spacial score (nSPS) is 10.5. The molecular formula is C19H21N3O5S. The molecular weight excluding hydrogens is 382 g/mol. The Kier molecular flexibility index (Phi) is 6.49. The molecule has 0 aliphatic rings. The first-order chi connectivity index (χ1) is 13.7. The van der Waals surface area contributed by atoms with E-state index in [1.165, 1.54) is 11.3 Å². The van der Waals surface area contributed by atoms with E-state index in [9.17, 15) is 4.79 Å². The third-order valence-corrected chi connectivity index (χ3v) is 4.41. The number of ether oxygens (including phenoxy) is 3. The van der Waals surface area contributed by atoms with Crippen LogP contribution >= 0.6 is 11.3 Å². The molecule has 0 fully saturated rings. The SMILES string of the molecule is CCOc1cc(C(=O)Nc2nnc(-c3cccs3)o2)cc(OCC)c1OCC. The van der Waals surface area contributed by atoms with Gasteiger partial charge in [-0.25, -0.2) is 0 Å². The lowest BCUT2D eigenvalue weighted by Gasteiger charge is -2.16. The maximum Gasteiger partial charge on any atom is 0.322 e. The van der Waals surface area contributed by atoms with Gasteiger partial charge >= 0.3 is 6.01 Å². The summed E-state index contributed by atoms with van der Waals surface area (Å²) in [4.78, 5) is 13.5. The Morgan fingerprint density at radius 2 is 1.75 bits per heavy atom. The van der Waals surface area contributed by atoms with E-state index < -0.39 is 5.91 Å². The fraction of sp³-hybridized carbons (Fsp3) is 0.316. The largest absolute Gasteiger partial charge is 0.490 e. The van der Waals surface area contributed by atoms with Gasteiger partial charge in [-0.3, -0.25) is 10.1 Å². The summed E-state index contributed by atoms with van der Waals surface area (Å²) < 4.78 is 22.4. The van der Waals surface area contributed by atoms with Crippen molar-refractivity contribution in [2.45, 2.75) is 20.8 Å². The Balaban J connectivity index is 1.86. The predicted molar refractivity (Wildman–Crippen MR) is 106 cm³/mol. The quantitative estimate of drug-likeness (QED) is 0.571. The molecule has 2 aromatic heterocycles. The van der Waals surface area contributed by atoms with Crippen LogP contribution in [-0.2, 0) is 0 Å². The number of benzene rings is 1. The summed E-state index contributed by atoms with van der Waals surface area (Å²) >= 11 is 1.47. The Morgan fingerprint density at radius 3 is 2.32 bits per heavy atom. The monoisotopic (exact) mass is 403 g/mol. The molecule has 3 rings (SSSR count). The maximum atomic E-state index is 12.7. The molecule has 0 saturated carbocycles. The van der Waals surface area contributed by atoms with E-state index in [0.29, 0.717) is 48.5 Å². The van der Waals surface area contributed by atoms with Gasteiger partial charge < -0.3 is 18.6 Å². The van der Waals surface area contributed by atoms with E-state index >= 15 is 0 Å². The molecule has 0 aliphatic heterocycles. The zero-order valence-electron chi connectivity index (χ0n) is 15.9. The van der Waals surface area contributed by atoms with Crippen molar-refractivity contribution in [1.29, 1.82) is 0 Å². The van der Waals surface area contributed by atoms with Crippen molar-refractivity contribution < 1.29 is 23.4 Å². The van der Waals surface area contributed by atoms with Crippen LogP contribution in [0.4, 0.5) is 6.01 Å². The molecule has 28 heavy (non-hydrogen) atoms. The minimum atomic E-state index is -0.425. The van der Waals surface area contributed by atoms with Gasteiger partial charge in [-0.2, -0.15) is 0 Å². The second-order valence-corrected chi connectivity index (χ2v) is 6.39. The van der Waals surface area contributed by atoms with Crippen LogP contribution in [0.15, 0.2) is 34.1 Å². The standard InChI is InChI=1S/C19H21N3O5S/c1-4-24-13-10-12(11-14(25-5-2)16(13)26-6-3)17(23)20-19-22-21-18(27-19)15-8-7-9-28-15/h7-11H,4-6H2,1-3H3,(H,20,22,23). The molecule has 0 bridgehead atoms. The van der Waals surface area contributed by atoms with Gasteiger partial charge in [0.1, 0.15) is 0 Å². The fourth-order valence-electron chi connectivity index (χ4n) is 2.46. The summed E-state index contributed by atoms with van der Waals surface area (Å²) in [5, 5.41) is 12.3. The minimum Gasteiger partial charge on any atom is -0.490 e. The lowest BCUT2D eigenvalue weighted by atomic mass is 10.1. The van der Waals surface area contributed by atoms with Crippen molar-refractivity contribution in [2.24, 2.45) is 0 Å². The summed E-state index contributed by atoms with van der Waals surface area (Å²) in [6.45, 7) is 6.86. The zero-order chi connectivity index (χ0) is 19.9. The molecule has 1 N–H and O–H groups in total. The molecule has 2 heterocycles. The molecule has 0 radical (unpaired) electrons. The first-order valence-electron chi connectivity index (χ1n) is 8.91. The molecule has 0 saturated heterocycles. The summed E-state index contributed by atoms with van der Waals surface area (Å²) in [6, 6.07) is 6.95. The lowest BCUT2D eigenvalue weighted by Crippen LogP contribution is -2.13. The van der Waals surface area contributed by atoms with Gasteiger partial charge in [-0.05, 0) is 44.4 Å². The van der Waals surface area contributed by atoms with Crippen molar-refractivity contribution in [1.82, 2.24) is 10.2 Å². The van der Waals surface area contributed by atoms with Crippen LogP contribution in [0.1, 0.15) is 31.1 Å². The highest BCUT2D eigenvalue weighted by Gasteiger charge is 2.20. The van der Waals surface area contributed by atoms with E-state index in [1.54, 1.807) is 12.1 Å². The summed E-state index contributed by atoms with van der Waals surface area (Å²) in [5.41, 5.74) is 0.325. The lowest BCUT2D eigenvalue weighted by molar-refractivity contribution is 0.102. The molecule has 1 amide bonds. The Morgan fingerprint density at radius 1 is 1.07 bits per heavy atom. The highest BCUT2D eigenvalue weighted by Crippen LogP contribution is 2.39. The number of nitrogens with zero attached hydrogens (tertiary/aromatic N) is 2.